The number of halogens is 1. The van der Waals surface area contributed by atoms with Gasteiger partial charge in [0.05, 0.1) is 0 Å². The van der Waals surface area contributed by atoms with E-state index in [0.717, 1.165) is 18.9 Å². The molecule has 1 aliphatic carbocycles. The van der Waals surface area contributed by atoms with Gasteiger partial charge >= 0.3 is 0 Å². The molecule has 0 aromatic heterocycles. The van der Waals surface area contributed by atoms with Crippen molar-refractivity contribution >= 4 is 18.3 Å². The Morgan fingerprint density at radius 1 is 1.44 bits per heavy atom. The smallest absolute Gasteiger partial charge is 0.220 e. The molecule has 4 heteroatoms. The molecule has 1 rings (SSSR count). The highest BCUT2D eigenvalue weighted by Crippen LogP contribution is 2.49. The van der Waals surface area contributed by atoms with Gasteiger partial charge in [0, 0.05) is 13.0 Å². The first-order chi connectivity index (χ1) is 7.08. The van der Waals surface area contributed by atoms with Crippen molar-refractivity contribution in [2.75, 3.05) is 13.1 Å². The molecule has 0 atom stereocenters. The Labute approximate surface area is 105 Å². The van der Waals surface area contributed by atoms with Gasteiger partial charge in [0.2, 0.25) is 5.91 Å². The fraction of sp³-hybridized carbons (Fsp3) is 0.917. The highest BCUT2D eigenvalue weighted by molar-refractivity contribution is 5.85. The SMILES string of the molecule is CC(C)CC1(CNC(=O)CCCN)CC1.Cl. The van der Waals surface area contributed by atoms with Gasteiger partial charge in [0.15, 0.2) is 0 Å². The summed E-state index contributed by atoms with van der Waals surface area (Å²) >= 11 is 0. The molecule has 1 saturated carbocycles. The Morgan fingerprint density at radius 3 is 2.50 bits per heavy atom. The van der Waals surface area contributed by atoms with Crippen molar-refractivity contribution in [2.24, 2.45) is 17.1 Å². The average molecular weight is 249 g/mol. The normalized spacial score (nSPS) is 16.8. The Balaban J connectivity index is 0.00000225. The molecule has 16 heavy (non-hydrogen) atoms. The first-order valence-electron chi connectivity index (χ1n) is 6.05. The predicted octanol–water partition coefficient (Wildman–Crippen LogP) is 2.09. The molecule has 0 unspecified atom stereocenters. The standard InChI is InChI=1S/C12H24N2O.ClH/c1-10(2)8-12(5-6-12)9-14-11(15)4-3-7-13;/h10H,3-9,13H2,1-2H3,(H,14,15);1H. The van der Waals surface area contributed by atoms with Crippen molar-refractivity contribution in [1.82, 2.24) is 5.32 Å². The number of rotatable bonds is 7. The Kier molecular flexibility index (Phi) is 7.00. The van der Waals surface area contributed by atoms with E-state index in [9.17, 15) is 4.79 Å². The lowest BCUT2D eigenvalue weighted by atomic mass is 9.94. The highest BCUT2D eigenvalue weighted by Gasteiger charge is 2.42. The van der Waals surface area contributed by atoms with Gasteiger partial charge in [-0.05, 0) is 43.6 Å². The molecule has 96 valence electrons. The predicted molar refractivity (Wildman–Crippen MR) is 69.7 cm³/mol. The molecular weight excluding hydrogens is 224 g/mol. The molecule has 0 aromatic carbocycles. The first kappa shape index (κ1) is 15.7. The quantitative estimate of drug-likeness (QED) is 0.725. The minimum atomic E-state index is 0. The van der Waals surface area contributed by atoms with Crippen LogP contribution < -0.4 is 11.1 Å². The van der Waals surface area contributed by atoms with E-state index in [2.05, 4.69) is 19.2 Å². The van der Waals surface area contributed by atoms with Crippen LogP contribution in [0, 0.1) is 11.3 Å². The Bertz CT molecular complexity index is 215. The van der Waals surface area contributed by atoms with Gasteiger partial charge in [-0.25, -0.2) is 0 Å². The van der Waals surface area contributed by atoms with Gasteiger partial charge < -0.3 is 11.1 Å². The van der Waals surface area contributed by atoms with Crippen molar-refractivity contribution in [1.29, 1.82) is 0 Å². The molecule has 1 fully saturated rings. The fourth-order valence-electron chi connectivity index (χ4n) is 2.13. The van der Waals surface area contributed by atoms with Crippen LogP contribution in [0.5, 0.6) is 0 Å². The van der Waals surface area contributed by atoms with Crippen molar-refractivity contribution in [3.63, 3.8) is 0 Å². The van der Waals surface area contributed by atoms with Crippen LogP contribution in [0.25, 0.3) is 0 Å². The minimum absolute atomic E-state index is 0. The molecular formula is C12H25ClN2O. The van der Waals surface area contributed by atoms with Crippen LogP contribution >= 0.6 is 12.4 Å². The van der Waals surface area contributed by atoms with Crippen LogP contribution in [-0.2, 0) is 4.79 Å². The molecule has 1 aliphatic rings. The summed E-state index contributed by atoms with van der Waals surface area (Å²) in [6.45, 7) is 5.96. The summed E-state index contributed by atoms with van der Waals surface area (Å²) in [5, 5.41) is 3.03. The summed E-state index contributed by atoms with van der Waals surface area (Å²) in [6, 6.07) is 0. The topological polar surface area (TPSA) is 55.1 Å². The van der Waals surface area contributed by atoms with E-state index in [-0.39, 0.29) is 18.3 Å². The molecule has 0 radical (unpaired) electrons. The average Bonchev–Trinajstić information content (AvgIpc) is 2.91. The minimum Gasteiger partial charge on any atom is -0.356 e. The van der Waals surface area contributed by atoms with Crippen molar-refractivity contribution in [3.05, 3.63) is 0 Å². The zero-order chi connectivity index (χ0) is 11.3. The largest absolute Gasteiger partial charge is 0.356 e. The second kappa shape index (κ2) is 7.13. The molecule has 0 saturated heterocycles. The Morgan fingerprint density at radius 2 is 2.06 bits per heavy atom. The molecule has 0 spiro atoms. The van der Waals surface area contributed by atoms with Crippen molar-refractivity contribution < 1.29 is 4.79 Å². The lowest BCUT2D eigenvalue weighted by molar-refractivity contribution is -0.121. The lowest BCUT2D eigenvalue weighted by Crippen LogP contribution is -2.31. The van der Waals surface area contributed by atoms with E-state index in [4.69, 9.17) is 5.73 Å². The van der Waals surface area contributed by atoms with E-state index < -0.39 is 0 Å². The third-order valence-corrected chi connectivity index (χ3v) is 3.07. The van der Waals surface area contributed by atoms with Gasteiger partial charge in [0.1, 0.15) is 0 Å². The molecule has 3 nitrogen and oxygen atoms in total. The van der Waals surface area contributed by atoms with Gasteiger partial charge in [-0.3, -0.25) is 4.79 Å². The van der Waals surface area contributed by atoms with Crippen LogP contribution in [0.3, 0.4) is 0 Å². The lowest BCUT2D eigenvalue weighted by Gasteiger charge is -2.18. The van der Waals surface area contributed by atoms with E-state index >= 15 is 0 Å². The maximum absolute atomic E-state index is 11.4. The number of nitrogens with one attached hydrogen (secondary N) is 1. The van der Waals surface area contributed by atoms with E-state index in [1.807, 2.05) is 0 Å². The van der Waals surface area contributed by atoms with Gasteiger partial charge in [-0.2, -0.15) is 0 Å². The summed E-state index contributed by atoms with van der Waals surface area (Å²) < 4.78 is 0. The Hall–Kier alpha value is -0.280. The van der Waals surface area contributed by atoms with Crippen molar-refractivity contribution in [2.45, 2.75) is 46.0 Å². The second-order valence-electron chi connectivity index (χ2n) is 5.27. The number of amides is 1. The summed E-state index contributed by atoms with van der Waals surface area (Å²) in [5.74, 6) is 0.893. The molecule has 0 heterocycles. The van der Waals surface area contributed by atoms with Gasteiger partial charge in [0.25, 0.3) is 0 Å². The van der Waals surface area contributed by atoms with E-state index in [1.54, 1.807) is 0 Å². The zero-order valence-electron chi connectivity index (χ0n) is 10.4. The third-order valence-electron chi connectivity index (χ3n) is 3.07. The number of hydrogen-bond donors (Lipinski definition) is 2. The summed E-state index contributed by atoms with van der Waals surface area (Å²) in [7, 11) is 0. The summed E-state index contributed by atoms with van der Waals surface area (Å²) in [6.07, 6.45) is 5.17. The maximum Gasteiger partial charge on any atom is 0.220 e. The monoisotopic (exact) mass is 248 g/mol. The van der Waals surface area contributed by atoms with Crippen LogP contribution in [0.4, 0.5) is 0 Å². The van der Waals surface area contributed by atoms with Crippen LogP contribution in [-0.4, -0.2) is 19.0 Å². The highest BCUT2D eigenvalue weighted by atomic mass is 35.5. The first-order valence-corrected chi connectivity index (χ1v) is 6.05. The number of nitrogens with two attached hydrogens (primary N) is 1. The summed E-state index contributed by atoms with van der Waals surface area (Å²) in [4.78, 5) is 11.4. The van der Waals surface area contributed by atoms with Gasteiger partial charge in [-0.15, -0.1) is 12.4 Å². The number of carbonyl (C=O) groups is 1. The van der Waals surface area contributed by atoms with Crippen LogP contribution in [0.1, 0.15) is 46.0 Å². The number of carbonyl (C=O) groups excluding carboxylic acids is 1. The molecule has 1 amide bonds. The van der Waals surface area contributed by atoms with Gasteiger partial charge in [-0.1, -0.05) is 13.8 Å². The third kappa shape index (κ3) is 5.71. The summed E-state index contributed by atoms with van der Waals surface area (Å²) in [5.41, 5.74) is 5.79. The zero-order valence-corrected chi connectivity index (χ0v) is 11.2. The van der Waals surface area contributed by atoms with E-state index in [0.29, 0.717) is 18.4 Å². The van der Waals surface area contributed by atoms with E-state index in [1.165, 1.54) is 19.3 Å². The maximum atomic E-state index is 11.4. The molecule has 0 aromatic rings. The number of hydrogen-bond acceptors (Lipinski definition) is 2. The second-order valence-corrected chi connectivity index (χ2v) is 5.27. The van der Waals surface area contributed by atoms with Crippen LogP contribution in [0.2, 0.25) is 0 Å². The fourth-order valence-corrected chi connectivity index (χ4v) is 2.13. The van der Waals surface area contributed by atoms with Crippen LogP contribution in [0.15, 0.2) is 0 Å². The molecule has 0 aliphatic heterocycles. The molecule has 0 bridgehead atoms. The van der Waals surface area contributed by atoms with Crippen molar-refractivity contribution in [3.8, 4) is 0 Å². The molecule has 3 N–H and O–H groups in total.